The topological polar surface area (TPSA) is 98.9 Å². The summed E-state index contributed by atoms with van der Waals surface area (Å²) in [6.45, 7) is 0.611. The largest absolute Gasteiger partial charge is 0.318 e. The Bertz CT molecular complexity index is 877. The molecule has 1 amide bonds. The van der Waals surface area contributed by atoms with Crippen LogP contribution in [-0.4, -0.2) is 33.7 Å². The van der Waals surface area contributed by atoms with E-state index in [9.17, 15) is 13.2 Å². The van der Waals surface area contributed by atoms with E-state index < -0.39 is 15.9 Å². The summed E-state index contributed by atoms with van der Waals surface area (Å²) >= 11 is 0. The highest BCUT2D eigenvalue weighted by Gasteiger charge is 2.29. The molecule has 2 aromatic rings. The number of rotatable bonds is 4. The number of fused-ring (bicyclic) bond motifs is 1. The van der Waals surface area contributed by atoms with E-state index in [-0.39, 0.29) is 16.8 Å². The third-order valence-corrected chi connectivity index (χ3v) is 6.09. The van der Waals surface area contributed by atoms with Gasteiger partial charge >= 0.3 is 0 Å². The molecule has 1 saturated carbocycles. The molecule has 2 aliphatic rings. The van der Waals surface area contributed by atoms with E-state index in [1.807, 2.05) is 0 Å². The van der Waals surface area contributed by atoms with E-state index in [4.69, 9.17) is 0 Å². The maximum Gasteiger partial charge on any atom is 0.283 e. The molecule has 0 bridgehead atoms. The predicted molar refractivity (Wildman–Crippen MR) is 84.9 cm³/mol. The molecule has 1 aliphatic heterocycles. The second-order valence-corrected chi connectivity index (χ2v) is 7.93. The van der Waals surface area contributed by atoms with Crippen molar-refractivity contribution in [2.24, 2.45) is 0 Å². The van der Waals surface area contributed by atoms with Crippen molar-refractivity contribution in [3.05, 3.63) is 30.0 Å². The van der Waals surface area contributed by atoms with Gasteiger partial charge in [0.25, 0.3) is 15.9 Å². The van der Waals surface area contributed by atoms with Crippen LogP contribution < -0.4 is 4.72 Å². The first-order valence-corrected chi connectivity index (χ1v) is 9.69. The minimum atomic E-state index is -3.95. The maximum atomic E-state index is 12.6. The molecule has 1 fully saturated rings. The highest BCUT2D eigenvalue weighted by Crippen LogP contribution is 2.30. The van der Waals surface area contributed by atoms with Crippen LogP contribution in [-0.2, 0) is 23.0 Å². The van der Waals surface area contributed by atoms with Gasteiger partial charge in [0.2, 0.25) is 0 Å². The molecule has 0 spiro atoms. The lowest BCUT2D eigenvalue weighted by molar-refractivity contribution is 0.0968. The van der Waals surface area contributed by atoms with Crippen molar-refractivity contribution in [3.8, 4) is 0 Å². The molecule has 0 radical (unpaired) electrons. The second-order valence-electron chi connectivity index (χ2n) is 6.30. The van der Waals surface area contributed by atoms with E-state index in [1.165, 1.54) is 12.4 Å². The van der Waals surface area contributed by atoms with E-state index in [2.05, 4.69) is 14.8 Å². The normalized spacial score (nSPS) is 18.0. The molecular formula is C15H19N5O3S. The first-order valence-electron chi connectivity index (χ1n) is 8.21. The van der Waals surface area contributed by atoms with Gasteiger partial charge in [-0.3, -0.25) is 9.48 Å². The SMILES string of the molecule is O=C(NS(=O)(=O)c1cnc2n1CCC2)c1ccnn1C1CCCC1. The number of carbonyl (C=O) groups excluding carboxylic acids is 1. The molecule has 4 rings (SSSR count). The van der Waals surface area contributed by atoms with Gasteiger partial charge in [-0.25, -0.2) is 9.71 Å². The molecule has 1 aliphatic carbocycles. The third kappa shape index (κ3) is 2.52. The molecule has 24 heavy (non-hydrogen) atoms. The fraction of sp³-hybridized carbons (Fsp3) is 0.533. The summed E-state index contributed by atoms with van der Waals surface area (Å²) in [5.41, 5.74) is 0.284. The van der Waals surface area contributed by atoms with Crippen LogP contribution in [0.4, 0.5) is 0 Å². The van der Waals surface area contributed by atoms with Gasteiger partial charge in [-0.15, -0.1) is 0 Å². The molecule has 0 unspecified atom stereocenters. The average molecular weight is 349 g/mol. The van der Waals surface area contributed by atoms with Crippen molar-refractivity contribution in [1.82, 2.24) is 24.1 Å². The number of carbonyl (C=O) groups is 1. The third-order valence-electron chi connectivity index (χ3n) is 4.76. The van der Waals surface area contributed by atoms with E-state index in [0.717, 1.165) is 44.3 Å². The Labute approximate surface area is 139 Å². The molecule has 128 valence electrons. The highest BCUT2D eigenvalue weighted by atomic mass is 32.2. The molecule has 0 atom stereocenters. The summed E-state index contributed by atoms with van der Waals surface area (Å²) in [6, 6.07) is 1.73. The van der Waals surface area contributed by atoms with Crippen LogP contribution in [0.3, 0.4) is 0 Å². The first kappa shape index (κ1) is 15.4. The van der Waals surface area contributed by atoms with Crippen LogP contribution in [0.2, 0.25) is 0 Å². The van der Waals surface area contributed by atoms with Crippen molar-refractivity contribution >= 4 is 15.9 Å². The Morgan fingerprint density at radius 2 is 2.04 bits per heavy atom. The van der Waals surface area contributed by atoms with Gasteiger partial charge in [-0.2, -0.15) is 13.5 Å². The number of nitrogens with one attached hydrogen (secondary N) is 1. The van der Waals surface area contributed by atoms with E-state index >= 15 is 0 Å². The number of imidazole rings is 1. The fourth-order valence-corrected chi connectivity index (χ4v) is 4.74. The molecule has 1 N–H and O–H groups in total. The molecule has 0 aromatic carbocycles. The van der Waals surface area contributed by atoms with Crippen LogP contribution >= 0.6 is 0 Å². The minimum absolute atomic E-state index is 0.0512. The van der Waals surface area contributed by atoms with E-state index in [0.29, 0.717) is 6.54 Å². The van der Waals surface area contributed by atoms with Crippen molar-refractivity contribution in [2.75, 3.05) is 0 Å². The second kappa shape index (κ2) is 5.73. The zero-order valence-electron chi connectivity index (χ0n) is 13.2. The Kier molecular flexibility index (Phi) is 3.67. The molecule has 8 nitrogen and oxygen atoms in total. The molecule has 2 aromatic heterocycles. The van der Waals surface area contributed by atoms with Gasteiger partial charge < -0.3 is 4.57 Å². The van der Waals surface area contributed by atoms with Gasteiger partial charge in [0.1, 0.15) is 11.5 Å². The molecule has 3 heterocycles. The number of aryl methyl sites for hydroxylation is 1. The first-order chi connectivity index (χ1) is 11.6. The molecule has 0 saturated heterocycles. The summed E-state index contributed by atoms with van der Waals surface area (Å²) < 4.78 is 30.6. The molecular weight excluding hydrogens is 330 g/mol. The van der Waals surface area contributed by atoms with Gasteiger partial charge in [0, 0.05) is 19.2 Å². The number of amides is 1. The van der Waals surface area contributed by atoms with Crippen molar-refractivity contribution in [2.45, 2.75) is 56.1 Å². The van der Waals surface area contributed by atoms with Crippen LogP contribution in [0.25, 0.3) is 0 Å². The lowest BCUT2D eigenvalue weighted by Gasteiger charge is -2.14. The van der Waals surface area contributed by atoms with Crippen molar-refractivity contribution in [1.29, 1.82) is 0 Å². The standard InChI is InChI=1S/C15H19N5O3S/c21-15(12-7-8-17-20(12)11-4-1-2-5-11)18-24(22,23)14-10-16-13-6-3-9-19(13)14/h7-8,10-11H,1-6,9H2,(H,18,21). The van der Waals surface area contributed by atoms with Gasteiger partial charge in [-0.1, -0.05) is 12.8 Å². The Morgan fingerprint density at radius 3 is 2.83 bits per heavy atom. The lowest BCUT2D eigenvalue weighted by Crippen LogP contribution is -2.34. The number of sulfonamides is 1. The quantitative estimate of drug-likeness (QED) is 0.896. The maximum absolute atomic E-state index is 12.6. The molecule has 9 heteroatoms. The highest BCUT2D eigenvalue weighted by molar-refractivity contribution is 7.90. The zero-order valence-corrected chi connectivity index (χ0v) is 14.0. The number of nitrogens with zero attached hydrogens (tertiary/aromatic N) is 4. The van der Waals surface area contributed by atoms with E-state index in [1.54, 1.807) is 15.3 Å². The average Bonchev–Trinajstić information content (AvgIpc) is 3.28. The van der Waals surface area contributed by atoms with Crippen LogP contribution in [0.5, 0.6) is 0 Å². The summed E-state index contributed by atoms with van der Waals surface area (Å²) in [5.74, 6) is 0.103. The minimum Gasteiger partial charge on any atom is -0.318 e. The smallest absolute Gasteiger partial charge is 0.283 e. The Hall–Kier alpha value is -2.16. The van der Waals surface area contributed by atoms with Gasteiger partial charge in [-0.05, 0) is 25.3 Å². The van der Waals surface area contributed by atoms with Crippen LogP contribution in [0.15, 0.2) is 23.5 Å². The summed E-state index contributed by atoms with van der Waals surface area (Å²) in [6.07, 6.45) is 8.62. The van der Waals surface area contributed by atoms with Gasteiger partial charge in [0.05, 0.1) is 12.2 Å². The van der Waals surface area contributed by atoms with Crippen molar-refractivity contribution in [3.63, 3.8) is 0 Å². The Morgan fingerprint density at radius 1 is 1.25 bits per heavy atom. The van der Waals surface area contributed by atoms with Crippen LogP contribution in [0.1, 0.15) is 54.5 Å². The van der Waals surface area contributed by atoms with Crippen LogP contribution in [0, 0.1) is 0 Å². The zero-order chi connectivity index (χ0) is 16.7. The number of hydrogen-bond acceptors (Lipinski definition) is 5. The van der Waals surface area contributed by atoms with Gasteiger partial charge in [0.15, 0.2) is 5.03 Å². The summed E-state index contributed by atoms with van der Waals surface area (Å²) in [7, 11) is -3.95. The number of aromatic nitrogens is 4. The summed E-state index contributed by atoms with van der Waals surface area (Å²) in [4.78, 5) is 16.6. The van der Waals surface area contributed by atoms with Crippen molar-refractivity contribution < 1.29 is 13.2 Å². The summed E-state index contributed by atoms with van der Waals surface area (Å²) in [5, 5.41) is 4.26. The fourth-order valence-electron chi connectivity index (χ4n) is 3.61. The Balaban J connectivity index is 1.59. The number of hydrogen-bond donors (Lipinski definition) is 1. The lowest BCUT2D eigenvalue weighted by atomic mass is 10.2. The predicted octanol–water partition coefficient (Wildman–Crippen LogP) is 1.26. The monoisotopic (exact) mass is 349 g/mol.